The average Bonchev–Trinajstić information content (AvgIpc) is 3.20. The first-order valence-electron chi connectivity index (χ1n) is 9.52. The molecule has 0 bridgehead atoms. The number of carbonyl (C=O) groups excluding carboxylic acids is 1. The highest BCUT2D eigenvalue weighted by Gasteiger charge is 2.80. The SMILES string of the molecule is C[C@]12CC[C@H]3[C@@H](CCC4=CC(=O)CC[C@@H]43)[C@@]13C[C@H]3C[C@@]2(O)CO. The Kier molecular flexibility index (Phi) is 2.73. The molecule has 3 nitrogen and oxygen atoms in total. The second kappa shape index (κ2) is 4.29. The summed E-state index contributed by atoms with van der Waals surface area (Å²) >= 11 is 0. The zero-order chi connectivity index (χ0) is 16.0. The van der Waals surface area contributed by atoms with Gasteiger partial charge in [0.05, 0.1) is 12.2 Å². The minimum absolute atomic E-state index is 0.0811. The van der Waals surface area contributed by atoms with Gasteiger partial charge in [-0.2, -0.15) is 0 Å². The minimum Gasteiger partial charge on any atom is -0.393 e. The third kappa shape index (κ3) is 1.52. The Bertz CT molecular complexity index is 610. The highest BCUT2D eigenvalue weighted by molar-refractivity contribution is 5.91. The molecule has 0 amide bonds. The van der Waals surface area contributed by atoms with Crippen molar-refractivity contribution in [2.75, 3.05) is 6.61 Å². The minimum atomic E-state index is -0.862. The van der Waals surface area contributed by atoms with Gasteiger partial charge in [-0.1, -0.05) is 12.5 Å². The van der Waals surface area contributed by atoms with Crippen molar-refractivity contribution in [3.63, 3.8) is 0 Å². The van der Waals surface area contributed by atoms with E-state index in [2.05, 4.69) is 6.92 Å². The third-order valence-electron chi connectivity index (χ3n) is 8.99. The molecule has 7 atom stereocenters. The molecule has 1 spiro atoms. The van der Waals surface area contributed by atoms with E-state index in [4.69, 9.17) is 0 Å². The molecular weight excluding hydrogens is 288 g/mol. The van der Waals surface area contributed by atoms with Crippen molar-refractivity contribution in [1.29, 1.82) is 0 Å². The molecule has 4 fully saturated rings. The van der Waals surface area contributed by atoms with Gasteiger partial charge in [0.15, 0.2) is 5.78 Å². The Morgan fingerprint density at radius 3 is 2.83 bits per heavy atom. The summed E-state index contributed by atoms with van der Waals surface area (Å²) in [5.41, 5.74) is 0.738. The van der Waals surface area contributed by atoms with Crippen LogP contribution in [-0.2, 0) is 4.79 Å². The van der Waals surface area contributed by atoms with E-state index >= 15 is 0 Å². The third-order valence-corrected chi connectivity index (χ3v) is 8.99. The first-order valence-corrected chi connectivity index (χ1v) is 9.52. The number of ketones is 1. The Balaban J connectivity index is 1.53. The van der Waals surface area contributed by atoms with Crippen LogP contribution in [0.4, 0.5) is 0 Å². The lowest BCUT2D eigenvalue weighted by Gasteiger charge is -2.58. The molecule has 0 radical (unpaired) electrons. The van der Waals surface area contributed by atoms with Crippen LogP contribution in [0.2, 0.25) is 0 Å². The quantitative estimate of drug-likeness (QED) is 0.782. The average molecular weight is 316 g/mol. The number of rotatable bonds is 1. The van der Waals surface area contributed by atoms with Crippen LogP contribution in [0.1, 0.15) is 58.3 Å². The largest absolute Gasteiger partial charge is 0.393 e. The molecular formula is C20H28O3. The van der Waals surface area contributed by atoms with Crippen LogP contribution in [0.3, 0.4) is 0 Å². The highest BCUT2D eigenvalue weighted by Crippen LogP contribution is 2.83. The maximum absolute atomic E-state index is 11.8. The number of carbonyl (C=O) groups is 1. The predicted molar refractivity (Wildman–Crippen MR) is 86.6 cm³/mol. The Hall–Kier alpha value is -0.670. The predicted octanol–water partition coefficient (Wildman–Crippen LogP) is 2.85. The van der Waals surface area contributed by atoms with Crippen LogP contribution in [0.25, 0.3) is 0 Å². The fourth-order valence-corrected chi connectivity index (χ4v) is 7.84. The lowest BCUT2D eigenvalue weighted by atomic mass is 9.48. The fourth-order valence-electron chi connectivity index (χ4n) is 7.84. The molecule has 5 aliphatic carbocycles. The van der Waals surface area contributed by atoms with E-state index in [0.29, 0.717) is 29.5 Å². The molecule has 0 aromatic heterocycles. The van der Waals surface area contributed by atoms with Crippen molar-refractivity contribution < 1.29 is 15.0 Å². The Labute approximate surface area is 138 Å². The van der Waals surface area contributed by atoms with Crippen LogP contribution >= 0.6 is 0 Å². The van der Waals surface area contributed by atoms with Crippen LogP contribution < -0.4 is 0 Å². The number of aliphatic hydroxyl groups excluding tert-OH is 1. The first kappa shape index (κ1) is 14.7. The molecule has 4 saturated carbocycles. The van der Waals surface area contributed by atoms with Crippen LogP contribution in [0.15, 0.2) is 11.6 Å². The Morgan fingerprint density at radius 2 is 2.04 bits per heavy atom. The van der Waals surface area contributed by atoms with Gasteiger partial charge in [-0.05, 0) is 80.1 Å². The maximum atomic E-state index is 11.8. The first-order chi connectivity index (χ1) is 11.0. The molecule has 3 heteroatoms. The standard InChI is InChI=1S/C20H28O3/c1-18-7-6-16-15-4-3-14(22)8-12(15)2-5-17(16)20(18)10-13(20)9-19(18,23)11-21/h8,13,15-17,21,23H,2-7,9-11H2,1H3/t13-,15+,16-,17-,18-,19-,20+/m1/s1. The molecule has 0 aliphatic heterocycles. The van der Waals surface area contributed by atoms with E-state index in [1.807, 2.05) is 6.08 Å². The van der Waals surface area contributed by atoms with Crippen molar-refractivity contribution in [2.24, 2.45) is 34.5 Å². The number of aliphatic hydroxyl groups is 2. The van der Waals surface area contributed by atoms with Gasteiger partial charge >= 0.3 is 0 Å². The summed E-state index contributed by atoms with van der Waals surface area (Å²) in [6, 6.07) is 0. The smallest absolute Gasteiger partial charge is 0.155 e. The molecule has 2 N–H and O–H groups in total. The zero-order valence-corrected chi connectivity index (χ0v) is 14.1. The molecule has 5 aliphatic rings. The second-order valence-corrected chi connectivity index (χ2v) is 9.35. The van der Waals surface area contributed by atoms with Gasteiger partial charge in [0.25, 0.3) is 0 Å². The van der Waals surface area contributed by atoms with Gasteiger partial charge < -0.3 is 10.2 Å². The summed E-state index contributed by atoms with van der Waals surface area (Å²) in [6.45, 7) is 2.18. The van der Waals surface area contributed by atoms with Crippen molar-refractivity contribution in [2.45, 2.75) is 63.9 Å². The Morgan fingerprint density at radius 1 is 1.22 bits per heavy atom. The van der Waals surface area contributed by atoms with Gasteiger partial charge in [0.2, 0.25) is 0 Å². The molecule has 0 aromatic carbocycles. The fraction of sp³-hybridized carbons (Fsp3) is 0.850. The highest BCUT2D eigenvalue weighted by atomic mass is 16.3. The summed E-state index contributed by atoms with van der Waals surface area (Å²) in [6.07, 6.45) is 10.3. The van der Waals surface area contributed by atoms with Crippen molar-refractivity contribution in [1.82, 2.24) is 0 Å². The van der Waals surface area contributed by atoms with Crippen LogP contribution in [0, 0.1) is 34.5 Å². The number of hydrogen-bond acceptors (Lipinski definition) is 3. The van der Waals surface area contributed by atoms with E-state index in [9.17, 15) is 15.0 Å². The molecule has 126 valence electrons. The lowest BCUT2D eigenvalue weighted by molar-refractivity contribution is -0.162. The lowest BCUT2D eigenvalue weighted by Crippen LogP contribution is -2.57. The summed E-state index contributed by atoms with van der Waals surface area (Å²) < 4.78 is 0. The van der Waals surface area contributed by atoms with Crippen LogP contribution in [-0.4, -0.2) is 28.2 Å². The molecule has 0 heterocycles. The van der Waals surface area contributed by atoms with E-state index in [1.54, 1.807) is 0 Å². The van der Waals surface area contributed by atoms with Crippen molar-refractivity contribution in [3.8, 4) is 0 Å². The topological polar surface area (TPSA) is 57.5 Å². The molecule has 23 heavy (non-hydrogen) atoms. The number of allylic oxidation sites excluding steroid dienone is 1. The summed E-state index contributed by atoms with van der Waals surface area (Å²) in [5, 5.41) is 21.0. The van der Waals surface area contributed by atoms with E-state index < -0.39 is 5.60 Å². The number of fused-ring (bicyclic) bond motifs is 3. The summed E-state index contributed by atoms with van der Waals surface area (Å²) in [5.74, 6) is 2.97. The summed E-state index contributed by atoms with van der Waals surface area (Å²) in [7, 11) is 0. The monoisotopic (exact) mass is 316 g/mol. The van der Waals surface area contributed by atoms with Gasteiger partial charge in [-0.25, -0.2) is 0 Å². The normalized spacial score (nSPS) is 57.0. The maximum Gasteiger partial charge on any atom is 0.155 e. The molecule has 0 unspecified atom stereocenters. The van der Waals surface area contributed by atoms with Crippen molar-refractivity contribution >= 4 is 5.78 Å². The van der Waals surface area contributed by atoms with Gasteiger partial charge in [0.1, 0.15) is 0 Å². The van der Waals surface area contributed by atoms with Gasteiger partial charge in [-0.15, -0.1) is 0 Å². The van der Waals surface area contributed by atoms with Gasteiger partial charge in [-0.3, -0.25) is 4.79 Å². The van der Waals surface area contributed by atoms with Crippen LogP contribution in [0.5, 0.6) is 0 Å². The van der Waals surface area contributed by atoms with E-state index in [-0.39, 0.29) is 17.4 Å². The van der Waals surface area contributed by atoms with E-state index in [0.717, 1.165) is 38.5 Å². The molecule has 0 saturated heterocycles. The molecule has 0 aromatic rings. The van der Waals surface area contributed by atoms with Gasteiger partial charge in [0, 0.05) is 11.8 Å². The van der Waals surface area contributed by atoms with E-state index in [1.165, 1.54) is 18.4 Å². The molecule has 5 rings (SSSR count). The summed E-state index contributed by atoms with van der Waals surface area (Å²) in [4.78, 5) is 11.8. The zero-order valence-electron chi connectivity index (χ0n) is 14.1. The second-order valence-electron chi connectivity index (χ2n) is 9.35. The number of hydrogen-bond donors (Lipinski definition) is 2. The van der Waals surface area contributed by atoms with Crippen molar-refractivity contribution in [3.05, 3.63) is 11.6 Å².